The van der Waals surface area contributed by atoms with Crippen molar-refractivity contribution in [1.82, 2.24) is 4.98 Å². The van der Waals surface area contributed by atoms with E-state index in [1.54, 1.807) is 19.5 Å². The number of anilines is 1. The van der Waals surface area contributed by atoms with Crippen molar-refractivity contribution in [3.05, 3.63) is 24.0 Å². The fourth-order valence-electron chi connectivity index (χ4n) is 0.854. The van der Waals surface area contributed by atoms with Gasteiger partial charge >= 0.3 is 0 Å². The van der Waals surface area contributed by atoms with Crippen LogP contribution in [0, 0.1) is 0 Å². The average molecular weight is 149 g/mol. The van der Waals surface area contributed by atoms with Gasteiger partial charge in [-0.05, 0) is 12.1 Å². The van der Waals surface area contributed by atoms with Gasteiger partial charge in [0.25, 0.3) is 0 Å². The van der Waals surface area contributed by atoms with Gasteiger partial charge in [-0.2, -0.15) is 0 Å². The second-order valence-corrected chi connectivity index (χ2v) is 2.07. The SMILES string of the molecule is C/N=C/c1ncccc1NC. The van der Waals surface area contributed by atoms with Crippen molar-refractivity contribution in [2.24, 2.45) is 4.99 Å². The molecule has 0 unspecified atom stereocenters. The number of aliphatic imine (C=N–C) groups is 1. The van der Waals surface area contributed by atoms with Gasteiger partial charge in [-0.1, -0.05) is 0 Å². The minimum Gasteiger partial charge on any atom is -0.386 e. The Labute approximate surface area is 66.2 Å². The molecule has 0 aliphatic carbocycles. The first-order valence-electron chi connectivity index (χ1n) is 3.43. The lowest BCUT2D eigenvalue weighted by molar-refractivity contribution is 1.28. The number of aromatic nitrogens is 1. The summed E-state index contributed by atoms with van der Waals surface area (Å²) in [4.78, 5) is 8.01. The van der Waals surface area contributed by atoms with Gasteiger partial charge in [-0.3, -0.25) is 9.98 Å². The van der Waals surface area contributed by atoms with Gasteiger partial charge in [0.2, 0.25) is 0 Å². The summed E-state index contributed by atoms with van der Waals surface area (Å²) in [6, 6.07) is 3.85. The third kappa shape index (κ3) is 1.77. The normalized spacial score (nSPS) is 10.4. The zero-order valence-corrected chi connectivity index (χ0v) is 6.70. The van der Waals surface area contributed by atoms with E-state index in [1.807, 2.05) is 19.2 Å². The molecule has 0 aromatic carbocycles. The van der Waals surface area contributed by atoms with Crippen LogP contribution in [0.4, 0.5) is 5.69 Å². The maximum Gasteiger partial charge on any atom is 0.104 e. The van der Waals surface area contributed by atoms with E-state index >= 15 is 0 Å². The van der Waals surface area contributed by atoms with Gasteiger partial charge in [-0.25, -0.2) is 0 Å². The predicted octanol–water partition coefficient (Wildman–Crippen LogP) is 1.17. The molecule has 0 radical (unpaired) electrons. The molecule has 1 aromatic heterocycles. The number of nitrogens with zero attached hydrogens (tertiary/aromatic N) is 2. The maximum atomic E-state index is 4.13. The first kappa shape index (κ1) is 7.72. The molecular formula is C8H11N3. The van der Waals surface area contributed by atoms with Crippen LogP contribution < -0.4 is 5.32 Å². The summed E-state index contributed by atoms with van der Waals surface area (Å²) < 4.78 is 0. The van der Waals surface area contributed by atoms with E-state index in [0.29, 0.717) is 0 Å². The Morgan fingerprint density at radius 2 is 2.45 bits per heavy atom. The highest BCUT2D eigenvalue weighted by molar-refractivity contribution is 5.84. The molecule has 1 aromatic rings. The van der Waals surface area contributed by atoms with Crippen LogP contribution in [0.15, 0.2) is 23.3 Å². The lowest BCUT2D eigenvalue weighted by Gasteiger charge is -2.01. The Balaban J connectivity index is 3.02. The molecule has 3 nitrogen and oxygen atoms in total. The summed E-state index contributed by atoms with van der Waals surface area (Å²) in [7, 11) is 3.60. The highest BCUT2D eigenvalue weighted by atomic mass is 14.9. The minimum absolute atomic E-state index is 0.873. The van der Waals surface area contributed by atoms with Crippen LogP contribution in [-0.2, 0) is 0 Å². The van der Waals surface area contributed by atoms with E-state index in [9.17, 15) is 0 Å². The second kappa shape index (κ2) is 3.71. The molecule has 0 amide bonds. The molecule has 11 heavy (non-hydrogen) atoms. The molecule has 3 heteroatoms. The average Bonchev–Trinajstić information content (AvgIpc) is 2.06. The molecular weight excluding hydrogens is 138 g/mol. The van der Waals surface area contributed by atoms with E-state index in [2.05, 4.69) is 15.3 Å². The van der Waals surface area contributed by atoms with Crippen LogP contribution in [-0.4, -0.2) is 25.3 Å². The van der Waals surface area contributed by atoms with Crippen molar-refractivity contribution < 1.29 is 0 Å². The quantitative estimate of drug-likeness (QED) is 0.641. The lowest BCUT2D eigenvalue weighted by Crippen LogP contribution is -1.96. The van der Waals surface area contributed by atoms with Crippen LogP contribution >= 0.6 is 0 Å². The van der Waals surface area contributed by atoms with Crippen LogP contribution in [0.2, 0.25) is 0 Å². The largest absolute Gasteiger partial charge is 0.386 e. The smallest absolute Gasteiger partial charge is 0.104 e. The Morgan fingerprint density at radius 3 is 3.09 bits per heavy atom. The van der Waals surface area contributed by atoms with Crippen LogP contribution in [0.5, 0.6) is 0 Å². The number of hydrogen-bond donors (Lipinski definition) is 1. The lowest BCUT2D eigenvalue weighted by atomic mass is 10.3. The molecule has 0 saturated heterocycles. The second-order valence-electron chi connectivity index (χ2n) is 2.07. The number of rotatable bonds is 2. The van der Waals surface area contributed by atoms with Gasteiger partial charge in [0.05, 0.1) is 5.69 Å². The van der Waals surface area contributed by atoms with Crippen molar-refractivity contribution in [1.29, 1.82) is 0 Å². The Morgan fingerprint density at radius 1 is 1.64 bits per heavy atom. The van der Waals surface area contributed by atoms with Gasteiger partial charge in [0.1, 0.15) is 5.69 Å². The molecule has 0 bridgehead atoms. The third-order valence-corrected chi connectivity index (χ3v) is 1.36. The van der Waals surface area contributed by atoms with E-state index < -0.39 is 0 Å². The van der Waals surface area contributed by atoms with Crippen LogP contribution in [0.25, 0.3) is 0 Å². The summed E-state index contributed by atoms with van der Waals surface area (Å²) in [6.45, 7) is 0. The third-order valence-electron chi connectivity index (χ3n) is 1.36. The van der Waals surface area contributed by atoms with E-state index in [0.717, 1.165) is 11.4 Å². The highest BCUT2D eigenvalue weighted by Crippen LogP contribution is 2.07. The summed E-state index contributed by atoms with van der Waals surface area (Å²) in [5.74, 6) is 0. The van der Waals surface area contributed by atoms with Crippen molar-refractivity contribution in [2.75, 3.05) is 19.4 Å². The fourth-order valence-corrected chi connectivity index (χ4v) is 0.854. The van der Waals surface area contributed by atoms with Crippen molar-refractivity contribution in [3.63, 3.8) is 0 Å². The first-order chi connectivity index (χ1) is 5.38. The van der Waals surface area contributed by atoms with Crippen molar-refractivity contribution in [3.8, 4) is 0 Å². The summed E-state index contributed by atoms with van der Waals surface area (Å²) in [5.41, 5.74) is 1.87. The maximum absolute atomic E-state index is 4.13. The molecule has 1 rings (SSSR count). The Bertz CT molecular complexity index is 255. The highest BCUT2D eigenvalue weighted by Gasteiger charge is 1.94. The van der Waals surface area contributed by atoms with Crippen LogP contribution in [0.3, 0.4) is 0 Å². The first-order valence-corrected chi connectivity index (χ1v) is 3.43. The standard InChI is InChI=1S/C8H11N3/c1-9-6-8-7(10-2)4-3-5-11-8/h3-6,10H,1-2H3/b9-6+. The number of pyridine rings is 1. The molecule has 0 fully saturated rings. The van der Waals surface area contributed by atoms with Crippen molar-refractivity contribution in [2.45, 2.75) is 0 Å². The predicted molar refractivity (Wildman–Crippen MR) is 47.3 cm³/mol. The molecule has 1 heterocycles. The van der Waals surface area contributed by atoms with E-state index in [1.165, 1.54) is 0 Å². The zero-order chi connectivity index (χ0) is 8.10. The van der Waals surface area contributed by atoms with Gasteiger partial charge in [0, 0.05) is 26.5 Å². The van der Waals surface area contributed by atoms with Crippen LogP contribution in [0.1, 0.15) is 5.69 Å². The van der Waals surface area contributed by atoms with E-state index in [4.69, 9.17) is 0 Å². The molecule has 0 spiro atoms. The number of nitrogens with one attached hydrogen (secondary N) is 1. The summed E-state index contributed by atoms with van der Waals surface area (Å²) >= 11 is 0. The summed E-state index contributed by atoms with van der Waals surface area (Å²) in [5, 5.41) is 3.03. The molecule has 0 saturated carbocycles. The molecule has 0 aliphatic heterocycles. The Kier molecular flexibility index (Phi) is 2.60. The van der Waals surface area contributed by atoms with Crippen molar-refractivity contribution >= 4 is 11.9 Å². The van der Waals surface area contributed by atoms with E-state index in [-0.39, 0.29) is 0 Å². The van der Waals surface area contributed by atoms with Gasteiger partial charge in [0.15, 0.2) is 0 Å². The Hall–Kier alpha value is -1.38. The monoisotopic (exact) mass is 149 g/mol. The summed E-state index contributed by atoms with van der Waals surface area (Å²) in [6.07, 6.45) is 3.48. The molecule has 1 N–H and O–H groups in total. The number of hydrogen-bond acceptors (Lipinski definition) is 3. The van der Waals surface area contributed by atoms with Gasteiger partial charge < -0.3 is 5.32 Å². The zero-order valence-electron chi connectivity index (χ0n) is 6.70. The topological polar surface area (TPSA) is 37.3 Å². The molecule has 58 valence electrons. The minimum atomic E-state index is 0.873. The van der Waals surface area contributed by atoms with Gasteiger partial charge in [-0.15, -0.1) is 0 Å². The fraction of sp³-hybridized carbons (Fsp3) is 0.250. The molecule has 0 aliphatic rings. The molecule has 0 atom stereocenters.